The van der Waals surface area contributed by atoms with E-state index >= 15 is 0 Å². The summed E-state index contributed by atoms with van der Waals surface area (Å²) in [4.78, 5) is 12.3. The Morgan fingerprint density at radius 1 is 1.21 bits per heavy atom. The molecule has 0 fully saturated rings. The fourth-order valence-corrected chi connectivity index (χ4v) is 2.89. The lowest BCUT2D eigenvalue weighted by Crippen LogP contribution is -2.10. The van der Waals surface area contributed by atoms with Crippen molar-refractivity contribution in [3.63, 3.8) is 0 Å². The molecule has 4 rings (SSSR count). The van der Waals surface area contributed by atoms with Crippen molar-refractivity contribution in [2.45, 2.75) is 6.23 Å². The number of benzene rings is 2. The van der Waals surface area contributed by atoms with Gasteiger partial charge in [-0.05, 0) is 30.3 Å². The Bertz CT molecular complexity index is 935. The SMILES string of the molecule is COc1ccc2c(c1OC)C(=O)OC2Nc1ccc2cn[nH]c2c1. The number of ether oxygens (including phenoxy) is 3. The predicted molar refractivity (Wildman–Crippen MR) is 87.4 cm³/mol. The van der Waals surface area contributed by atoms with Crippen molar-refractivity contribution in [2.24, 2.45) is 0 Å². The number of cyclic esters (lactones) is 1. The molecule has 0 radical (unpaired) electrons. The van der Waals surface area contributed by atoms with Gasteiger partial charge in [0.25, 0.3) is 0 Å². The van der Waals surface area contributed by atoms with Crippen LogP contribution in [0.3, 0.4) is 0 Å². The van der Waals surface area contributed by atoms with E-state index in [2.05, 4.69) is 15.5 Å². The van der Waals surface area contributed by atoms with E-state index in [1.807, 2.05) is 18.2 Å². The Morgan fingerprint density at radius 2 is 2.08 bits per heavy atom. The summed E-state index contributed by atoms with van der Waals surface area (Å²) in [5.41, 5.74) is 2.81. The number of nitrogens with zero attached hydrogens (tertiary/aromatic N) is 1. The van der Waals surface area contributed by atoms with E-state index in [1.165, 1.54) is 14.2 Å². The average molecular weight is 325 g/mol. The first-order valence-corrected chi connectivity index (χ1v) is 7.37. The highest BCUT2D eigenvalue weighted by molar-refractivity contribution is 5.98. The molecule has 7 nitrogen and oxygen atoms in total. The van der Waals surface area contributed by atoms with Gasteiger partial charge in [-0.1, -0.05) is 0 Å². The van der Waals surface area contributed by atoms with Crippen LogP contribution in [-0.2, 0) is 4.74 Å². The Balaban J connectivity index is 1.71. The zero-order valence-corrected chi connectivity index (χ0v) is 13.1. The van der Waals surface area contributed by atoms with Crippen LogP contribution in [0.5, 0.6) is 11.5 Å². The van der Waals surface area contributed by atoms with E-state index in [0.717, 1.165) is 16.6 Å². The maximum Gasteiger partial charge on any atom is 0.344 e. The van der Waals surface area contributed by atoms with Gasteiger partial charge < -0.3 is 19.5 Å². The Labute approximate surface area is 137 Å². The second kappa shape index (κ2) is 5.45. The molecule has 1 aliphatic heterocycles. The molecule has 1 aliphatic rings. The number of nitrogens with one attached hydrogen (secondary N) is 2. The number of esters is 1. The maximum atomic E-state index is 12.3. The third kappa shape index (κ3) is 2.13. The first kappa shape index (κ1) is 14.4. The molecule has 0 bridgehead atoms. The summed E-state index contributed by atoms with van der Waals surface area (Å²) in [6.45, 7) is 0. The van der Waals surface area contributed by atoms with Gasteiger partial charge >= 0.3 is 5.97 Å². The molecule has 122 valence electrons. The minimum Gasteiger partial charge on any atom is -0.493 e. The highest BCUT2D eigenvalue weighted by Crippen LogP contribution is 2.42. The Morgan fingerprint density at radius 3 is 2.88 bits per heavy atom. The summed E-state index contributed by atoms with van der Waals surface area (Å²) in [5.74, 6) is 0.432. The molecule has 2 aromatic carbocycles. The van der Waals surface area contributed by atoms with E-state index in [1.54, 1.807) is 18.3 Å². The van der Waals surface area contributed by atoms with Crippen LogP contribution >= 0.6 is 0 Å². The van der Waals surface area contributed by atoms with Gasteiger partial charge in [-0.15, -0.1) is 0 Å². The van der Waals surface area contributed by atoms with Crippen molar-refractivity contribution in [1.82, 2.24) is 10.2 Å². The van der Waals surface area contributed by atoms with E-state index < -0.39 is 12.2 Å². The molecule has 0 spiro atoms. The normalized spacial score (nSPS) is 15.9. The van der Waals surface area contributed by atoms with Crippen molar-refractivity contribution >= 4 is 22.6 Å². The van der Waals surface area contributed by atoms with E-state index in [0.29, 0.717) is 22.6 Å². The molecule has 1 aromatic heterocycles. The zero-order valence-electron chi connectivity index (χ0n) is 13.1. The number of aromatic nitrogens is 2. The van der Waals surface area contributed by atoms with Crippen molar-refractivity contribution in [3.8, 4) is 11.5 Å². The third-order valence-electron chi connectivity index (χ3n) is 4.03. The molecule has 1 unspecified atom stereocenters. The lowest BCUT2D eigenvalue weighted by Gasteiger charge is -2.15. The van der Waals surface area contributed by atoms with Crippen LogP contribution in [0.1, 0.15) is 22.1 Å². The number of methoxy groups -OCH3 is 2. The monoisotopic (exact) mass is 325 g/mol. The van der Waals surface area contributed by atoms with Crippen LogP contribution in [0.25, 0.3) is 10.9 Å². The minimum atomic E-state index is -0.590. The third-order valence-corrected chi connectivity index (χ3v) is 4.03. The quantitative estimate of drug-likeness (QED) is 0.718. The van der Waals surface area contributed by atoms with Crippen LogP contribution in [0.2, 0.25) is 0 Å². The summed E-state index contributed by atoms with van der Waals surface area (Å²) >= 11 is 0. The average Bonchev–Trinajstić information content (AvgIpc) is 3.18. The molecule has 0 saturated heterocycles. The van der Waals surface area contributed by atoms with Crippen molar-refractivity contribution in [3.05, 3.63) is 47.7 Å². The van der Waals surface area contributed by atoms with Gasteiger partial charge in [-0.3, -0.25) is 5.10 Å². The predicted octanol–water partition coefficient (Wildman–Crippen LogP) is 2.86. The highest BCUT2D eigenvalue weighted by Gasteiger charge is 2.35. The summed E-state index contributed by atoms with van der Waals surface area (Å²) in [7, 11) is 3.03. The second-order valence-corrected chi connectivity index (χ2v) is 5.37. The fourth-order valence-electron chi connectivity index (χ4n) is 2.89. The van der Waals surface area contributed by atoms with Crippen LogP contribution in [0, 0.1) is 0 Å². The van der Waals surface area contributed by atoms with Gasteiger partial charge in [-0.2, -0.15) is 5.10 Å². The van der Waals surface area contributed by atoms with Gasteiger partial charge in [0.05, 0.1) is 25.9 Å². The number of carbonyl (C=O) groups excluding carboxylic acids is 1. The summed E-state index contributed by atoms with van der Waals surface area (Å²) in [5, 5.41) is 11.1. The highest BCUT2D eigenvalue weighted by atomic mass is 16.6. The zero-order chi connectivity index (χ0) is 16.7. The Hall–Kier alpha value is -3.22. The molecular weight excluding hydrogens is 310 g/mol. The first-order valence-electron chi connectivity index (χ1n) is 7.37. The first-order chi connectivity index (χ1) is 11.7. The number of carbonyl (C=O) groups is 1. The van der Waals surface area contributed by atoms with Crippen LogP contribution < -0.4 is 14.8 Å². The number of hydrogen-bond donors (Lipinski definition) is 2. The molecule has 3 aromatic rings. The summed E-state index contributed by atoms with van der Waals surface area (Å²) in [6.07, 6.45) is 1.16. The number of H-pyrrole nitrogens is 1. The minimum absolute atomic E-state index is 0.383. The molecule has 1 atom stereocenters. The van der Waals surface area contributed by atoms with Crippen molar-refractivity contribution in [2.75, 3.05) is 19.5 Å². The van der Waals surface area contributed by atoms with E-state index in [9.17, 15) is 4.79 Å². The van der Waals surface area contributed by atoms with Crippen LogP contribution in [0.4, 0.5) is 5.69 Å². The van der Waals surface area contributed by atoms with Gasteiger partial charge in [0.2, 0.25) is 6.23 Å². The topological polar surface area (TPSA) is 85.5 Å². The molecule has 0 amide bonds. The van der Waals surface area contributed by atoms with Gasteiger partial charge in [0.1, 0.15) is 5.56 Å². The number of anilines is 1. The van der Waals surface area contributed by atoms with Gasteiger partial charge in [0, 0.05) is 16.6 Å². The lowest BCUT2D eigenvalue weighted by atomic mass is 10.1. The number of aromatic amines is 1. The standard InChI is InChI=1S/C17H15N3O4/c1-22-13-6-5-11-14(15(13)23-2)17(21)24-16(11)19-10-4-3-9-8-18-20-12(9)7-10/h3-8,16,19H,1-2H3,(H,18,20). The molecule has 2 N–H and O–H groups in total. The molecule has 24 heavy (non-hydrogen) atoms. The van der Waals surface area contributed by atoms with E-state index in [-0.39, 0.29) is 0 Å². The summed E-state index contributed by atoms with van der Waals surface area (Å²) in [6, 6.07) is 9.31. The van der Waals surface area contributed by atoms with Gasteiger partial charge in [-0.25, -0.2) is 4.79 Å². The molecular formula is C17H15N3O4. The smallest absolute Gasteiger partial charge is 0.344 e. The second-order valence-electron chi connectivity index (χ2n) is 5.37. The van der Waals surface area contributed by atoms with Crippen LogP contribution in [0.15, 0.2) is 36.5 Å². The van der Waals surface area contributed by atoms with Crippen LogP contribution in [-0.4, -0.2) is 30.4 Å². The maximum absolute atomic E-state index is 12.3. The fraction of sp³-hybridized carbons (Fsp3) is 0.176. The largest absolute Gasteiger partial charge is 0.493 e. The number of hydrogen-bond acceptors (Lipinski definition) is 6. The number of rotatable bonds is 4. The molecule has 7 heteroatoms. The van der Waals surface area contributed by atoms with Gasteiger partial charge in [0.15, 0.2) is 11.5 Å². The number of fused-ring (bicyclic) bond motifs is 2. The lowest BCUT2D eigenvalue weighted by molar-refractivity contribution is 0.0435. The molecule has 2 heterocycles. The van der Waals surface area contributed by atoms with E-state index in [4.69, 9.17) is 14.2 Å². The Kier molecular flexibility index (Phi) is 3.26. The summed E-state index contributed by atoms with van der Waals surface area (Å²) < 4.78 is 16.0. The molecule has 0 aliphatic carbocycles. The van der Waals surface area contributed by atoms with Crippen molar-refractivity contribution < 1.29 is 19.0 Å². The van der Waals surface area contributed by atoms with Crippen molar-refractivity contribution in [1.29, 1.82) is 0 Å². The molecule has 0 saturated carbocycles.